The van der Waals surface area contributed by atoms with Gasteiger partial charge in [-0.05, 0) is 25.0 Å². The third-order valence-electron chi connectivity index (χ3n) is 3.39. The van der Waals surface area contributed by atoms with Crippen molar-refractivity contribution in [2.45, 2.75) is 26.7 Å². The highest BCUT2D eigenvalue weighted by Gasteiger charge is 2.09. The molecule has 1 heterocycles. The summed E-state index contributed by atoms with van der Waals surface area (Å²) in [5.41, 5.74) is 1.68. The van der Waals surface area contributed by atoms with Crippen molar-refractivity contribution >= 4 is 11.6 Å². The fourth-order valence-corrected chi connectivity index (χ4v) is 2.15. The lowest BCUT2D eigenvalue weighted by Crippen LogP contribution is -2.12. The van der Waals surface area contributed by atoms with E-state index in [4.69, 9.17) is 0 Å². The Morgan fingerprint density at radius 1 is 1.14 bits per heavy atom. The van der Waals surface area contributed by atoms with Gasteiger partial charge in [0.05, 0.1) is 0 Å². The van der Waals surface area contributed by atoms with E-state index in [1.807, 2.05) is 27.0 Å². The zero-order chi connectivity index (χ0) is 15.2. The van der Waals surface area contributed by atoms with Gasteiger partial charge >= 0.3 is 0 Å². The summed E-state index contributed by atoms with van der Waals surface area (Å²) in [6.45, 7) is 4.62. The largest absolute Gasteiger partial charge is 0.373 e. The number of nitrogens with one attached hydrogen (secondary N) is 2. The minimum Gasteiger partial charge on any atom is -0.373 e. The number of halogens is 1. The lowest BCUT2D eigenvalue weighted by atomic mass is 10.1. The number of rotatable bonds is 6. The molecule has 0 aliphatic heterocycles. The quantitative estimate of drug-likeness (QED) is 0.857. The molecule has 2 N–H and O–H groups in total. The molecule has 112 valence electrons. The summed E-state index contributed by atoms with van der Waals surface area (Å²) in [5, 5.41) is 6.36. The minimum absolute atomic E-state index is 0.163. The predicted molar refractivity (Wildman–Crippen MR) is 84.3 cm³/mol. The summed E-state index contributed by atoms with van der Waals surface area (Å²) in [6.07, 6.45) is 1.39. The first-order valence-electron chi connectivity index (χ1n) is 7.18. The van der Waals surface area contributed by atoms with Gasteiger partial charge in [-0.15, -0.1) is 0 Å². The zero-order valence-electron chi connectivity index (χ0n) is 12.7. The molecule has 0 aliphatic carbocycles. The van der Waals surface area contributed by atoms with Crippen LogP contribution in [-0.2, 0) is 12.8 Å². The molecule has 21 heavy (non-hydrogen) atoms. The van der Waals surface area contributed by atoms with Crippen LogP contribution in [0.2, 0.25) is 0 Å². The van der Waals surface area contributed by atoms with Gasteiger partial charge in [-0.2, -0.15) is 0 Å². The molecule has 1 aromatic carbocycles. The molecule has 0 bridgehead atoms. The summed E-state index contributed by atoms with van der Waals surface area (Å²) in [6, 6.07) is 6.84. The van der Waals surface area contributed by atoms with E-state index in [1.165, 1.54) is 6.07 Å². The summed E-state index contributed by atoms with van der Waals surface area (Å²) >= 11 is 0. The van der Waals surface area contributed by atoms with Crippen LogP contribution < -0.4 is 10.6 Å². The Morgan fingerprint density at radius 2 is 1.86 bits per heavy atom. The smallest absolute Gasteiger partial charge is 0.134 e. The summed E-state index contributed by atoms with van der Waals surface area (Å²) < 4.78 is 13.6. The third-order valence-corrected chi connectivity index (χ3v) is 3.39. The van der Waals surface area contributed by atoms with E-state index in [-0.39, 0.29) is 5.82 Å². The molecular weight excluding hydrogens is 267 g/mol. The lowest BCUT2D eigenvalue weighted by Gasteiger charge is -2.13. The monoisotopic (exact) mass is 288 g/mol. The van der Waals surface area contributed by atoms with Gasteiger partial charge in [0.2, 0.25) is 0 Å². The molecule has 0 spiro atoms. The van der Waals surface area contributed by atoms with Crippen LogP contribution in [0.5, 0.6) is 0 Å². The fourth-order valence-electron chi connectivity index (χ4n) is 2.15. The highest BCUT2D eigenvalue weighted by atomic mass is 19.1. The van der Waals surface area contributed by atoms with Gasteiger partial charge in [0.25, 0.3) is 0 Å². The average molecular weight is 288 g/mol. The Labute approximate surface area is 124 Å². The van der Waals surface area contributed by atoms with Crippen molar-refractivity contribution in [1.29, 1.82) is 0 Å². The molecule has 0 radical (unpaired) electrons. The zero-order valence-corrected chi connectivity index (χ0v) is 12.7. The van der Waals surface area contributed by atoms with Crippen molar-refractivity contribution in [3.63, 3.8) is 0 Å². The van der Waals surface area contributed by atoms with Crippen molar-refractivity contribution in [3.8, 4) is 0 Å². The molecule has 0 aliphatic rings. The highest BCUT2D eigenvalue weighted by Crippen LogP contribution is 2.20. The van der Waals surface area contributed by atoms with Crippen LogP contribution in [0.15, 0.2) is 24.3 Å². The standard InChI is InChI=1S/C16H21FN4/c1-4-14-20-15(18-3)11(2)16(21-14)19-10-9-12-7-5-6-8-13(12)17/h5-8H,4,9-10H2,1-3H3,(H2,18,19,20,21). The molecule has 2 aromatic rings. The molecule has 5 heteroatoms. The first kappa shape index (κ1) is 15.2. The predicted octanol–water partition coefficient (Wildman–Crippen LogP) is 3.18. The van der Waals surface area contributed by atoms with E-state index in [9.17, 15) is 4.39 Å². The van der Waals surface area contributed by atoms with E-state index < -0.39 is 0 Å². The second-order valence-electron chi connectivity index (χ2n) is 4.83. The molecule has 0 amide bonds. The molecule has 1 aromatic heterocycles. The van der Waals surface area contributed by atoms with Gasteiger partial charge in [-0.3, -0.25) is 0 Å². The van der Waals surface area contributed by atoms with Gasteiger partial charge in [0, 0.05) is 25.6 Å². The second kappa shape index (κ2) is 7.02. The van der Waals surface area contributed by atoms with E-state index in [0.717, 1.165) is 29.4 Å². The SMILES string of the molecule is CCc1nc(NC)c(C)c(NCCc2ccccc2F)n1. The van der Waals surface area contributed by atoms with Crippen molar-refractivity contribution in [2.24, 2.45) is 0 Å². The molecule has 0 saturated carbocycles. The first-order chi connectivity index (χ1) is 10.2. The van der Waals surface area contributed by atoms with Crippen LogP contribution in [0.1, 0.15) is 23.9 Å². The van der Waals surface area contributed by atoms with Crippen molar-refractivity contribution in [3.05, 3.63) is 47.0 Å². The van der Waals surface area contributed by atoms with Crippen LogP contribution in [0.4, 0.5) is 16.0 Å². The number of anilines is 2. The van der Waals surface area contributed by atoms with Crippen molar-refractivity contribution in [1.82, 2.24) is 9.97 Å². The molecule has 0 saturated heterocycles. The minimum atomic E-state index is -0.163. The molecule has 0 fully saturated rings. The van der Waals surface area contributed by atoms with Gasteiger partial charge in [-0.25, -0.2) is 14.4 Å². The number of aromatic nitrogens is 2. The summed E-state index contributed by atoms with van der Waals surface area (Å²) in [7, 11) is 1.85. The first-order valence-corrected chi connectivity index (χ1v) is 7.18. The summed E-state index contributed by atoms with van der Waals surface area (Å²) in [5.74, 6) is 2.26. The van der Waals surface area contributed by atoms with E-state index in [0.29, 0.717) is 18.5 Å². The van der Waals surface area contributed by atoms with Crippen LogP contribution in [0.25, 0.3) is 0 Å². The topological polar surface area (TPSA) is 49.8 Å². The van der Waals surface area contributed by atoms with Gasteiger partial charge in [-0.1, -0.05) is 25.1 Å². The summed E-state index contributed by atoms with van der Waals surface area (Å²) in [4.78, 5) is 8.93. The Kier molecular flexibility index (Phi) is 5.09. The Bertz CT molecular complexity index is 613. The Hall–Kier alpha value is -2.17. The van der Waals surface area contributed by atoms with Crippen LogP contribution >= 0.6 is 0 Å². The van der Waals surface area contributed by atoms with Gasteiger partial charge in [0.1, 0.15) is 23.3 Å². The van der Waals surface area contributed by atoms with E-state index >= 15 is 0 Å². The van der Waals surface area contributed by atoms with Crippen molar-refractivity contribution in [2.75, 3.05) is 24.2 Å². The average Bonchev–Trinajstić information content (AvgIpc) is 2.50. The lowest BCUT2D eigenvalue weighted by molar-refractivity contribution is 0.610. The van der Waals surface area contributed by atoms with Gasteiger partial charge < -0.3 is 10.6 Å². The van der Waals surface area contributed by atoms with E-state index in [1.54, 1.807) is 12.1 Å². The number of hydrogen-bond donors (Lipinski definition) is 2. The van der Waals surface area contributed by atoms with E-state index in [2.05, 4.69) is 20.6 Å². The number of hydrogen-bond acceptors (Lipinski definition) is 4. The number of nitrogens with zero attached hydrogens (tertiary/aromatic N) is 2. The number of aryl methyl sites for hydroxylation is 1. The van der Waals surface area contributed by atoms with Gasteiger partial charge in [0.15, 0.2) is 0 Å². The van der Waals surface area contributed by atoms with Crippen molar-refractivity contribution < 1.29 is 4.39 Å². The molecule has 0 atom stereocenters. The molecular formula is C16H21FN4. The Morgan fingerprint density at radius 3 is 2.52 bits per heavy atom. The third kappa shape index (κ3) is 3.68. The van der Waals surface area contributed by atoms with Crippen LogP contribution in [-0.4, -0.2) is 23.6 Å². The molecule has 4 nitrogen and oxygen atoms in total. The van der Waals surface area contributed by atoms with Crippen LogP contribution in [0.3, 0.4) is 0 Å². The molecule has 0 unspecified atom stereocenters. The Balaban J connectivity index is 2.08. The maximum atomic E-state index is 13.6. The maximum absolute atomic E-state index is 13.6. The normalized spacial score (nSPS) is 10.5. The second-order valence-corrected chi connectivity index (χ2v) is 4.83. The fraction of sp³-hybridized carbons (Fsp3) is 0.375. The van der Waals surface area contributed by atoms with Crippen LogP contribution in [0, 0.1) is 12.7 Å². The molecule has 2 rings (SSSR count). The number of benzene rings is 1. The maximum Gasteiger partial charge on any atom is 0.134 e. The highest BCUT2D eigenvalue weighted by molar-refractivity contribution is 5.57.